The molecule has 0 bridgehead atoms. The van der Waals surface area contributed by atoms with Crippen LogP contribution in [0.5, 0.6) is 5.75 Å². The fraction of sp³-hybridized carbons (Fsp3) is 0.412. The fourth-order valence-corrected chi connectivity index (χ4v) is 3.91. The van der Waals surface area contributed by atoms with Crippen LogP contribution in [-0.2, 0) is 9.53 Å². The molecule has 1 N–H and O–H groups in total. The zero-order valence-electron chi connectivity index (χ0n) is 13.6. The number of carbonyl (C=O) groups is 1. The number of benzene rings is 1. The highest BCUT2D eigenvalue weighted by atomic mass is 32.2. The molecule has 128 valence electrons. The van der Waals surface area contributed by atoms with E-state index in [0.717, 1.165) is 37.6 Å². The van der Waals surface area contributed by atoms with Gasteiger partial charge in [0, 0.05) is 0 Å². The molecule has 0 spiro atoms. The van der Waals surface area contributed by atoms with E-state index < -0.39 is 0 Å². The molecule has 7 heteroatoms. The molecular formula is C17H21N2O3S2+. The Kier molecular flexibility index (Phi) is 5.89. The number of quaternary nitrogens is 1. The number of hydrogen-bond donors (Lipinski definition) is 1. The first-order chi connectivity index (χ1) is 11.7. The van der Waals surface area contributed by atoms with Gasteiger partial charge in [-0.1, -0.05) is 36.1 Å². The summed E-state index contributed by atoms with van der Waals surface area (Å²) in [6.07, 6.45) is 1.89. The lowest BCUT2D eigenvalue weighted by Crippen LogP contribution is -3.15. The second-order valence-corrected chi connectivity index (χ2v) is 7.31. The molecule has 5 nitrogen and oxygen atoms in total. The summed E-state index contributed by atoms with van der Waals surface area (Å²) in [6, 6.07) is 7.72. The summed E-state index contributed by atoms with van der Waals surface area (Å²) in [5, 5.41) is 0. The molecule has 0 aromatic heterocycles. The Morgan fingerprint density at radius 3 is 2.71 bits per heavy atom. The van der Waals surface area contributed by atoms with Crippen LogP contribution in [0.15, 0.2) is 29.2 Å². The average molecular weight is 366 g/mol. The third-order valence-corrected chi connectivity index (χ3v) is 5.32. The third kappa shape index (κ3) is 4.16. The van der Waals surface area contributed by atoms with Gasteiger partial charge in [0.15, 0.2) is 11.0 Å². The van der Waals surface area contributed by atoms with Crippen LogP contribution < -0.4 is 9.64 Å². The van der Waals surface area contributed by atoms with E-state index in [9.17, 15) is 4.79 Å². The van der Waals surface area contributed by atoms with Crippen molar-refractivity contribution in [3.05, 3.63) is 34.7 Å². The van der Waals surface area contributed by atoms with Crippen LogP contribution in [0.25, 0.3) is 6.08 Å². The van der Waals surface area contributed by atoms with Crippen molar-refractivity contribution < 1.29 is 19.2 Å². The molecule has 1 aromatic carbocycles. The number of nitrogens with zero attached hydrogens (tertiary/aromatic N) is 1. The Bertz CT molecular complexity index is 640. The van der Waals surface area contributed by atoms with E-state index in [0.29, 0.717) is 22.5 Å². The van der Waals surface area contributed by atoms with Crippen molar-refractivity contribution in [2.24, 2.45) is 0 Å². The maximum atomic E-state index is 12.6. The van der Waals surface area contributed by atoms with Gasteiger partial charge in [-0.25, -0.2) is 4.90 Å². The number of hydrogen-bond acceptors (Lipinski definition) is 5. The number of amides is 1. The standard InChI is InChI=1S/C17H20N2O3S2/c1-2-22-14-5-3-13(4-6-14)11-15-16(20)19(17(23)24-15)12-18-7-9-21-10-8-18/h3-6,11H,2,7-10,12H2,1H3/p+1/b15-11-. The van der Waals surface area contributed by atoms with E-state index in [4.69, 9.17) is 21.7 Å². The normalized spacial score (nSPS) is 20.9. The summed E-state index contributed by atoms with van der Waals surface area (Å²) >= 11 is 6.77. The molecule has 1 aromatic rings. The minimum Gasteiger partial charge on any atom is -0.494 e. The number of thioether (sulfide) groups is 1. The maximum Gasteiger partial charge on any atom is 0.270 e. The quantitative estimate of drug-likeness (QED) is 0.627. The van der Waals surface area contributed by atoms with Crippen molar-refractivity contribution in [3.8, 4) is 5.75 Å². The van der Waals surface area contributed by atoms with E-state index in [1.54, 1.807) is 4.90 Å². The Hall–Kier alpha value is -1.41. The summed E-state index contributed by atoms with van der Waals surface area (Å²) in [5.41, 5.74) is 0.970. The lowest BCUT2D eigenvalue weighted by molar-refractivity contribution is -0.914. The molecular weight excluding hydrogens is 344 g/mol. The first-order valence-corrected chi connectivity index (χ1v) is 9.29. The topological polar surface area (TPSA) is 43.2 Å². The van der Waals surface area contributed by atoms with Gasteiger partial charge in [-0.3, -0.25) is 4.79 Å². The van der Waals surface area contributed by atoms with Crippen molar-refractivity contribution in [3.63, 3.8) is 0 Å². The average Bonchev–Trinajstić information content (AvgIpc) is 2.85. The summed E-state index contributed by atoms with van der Waals surface area (Å²) in [5.74, 6) is 0.830. The molecule has 2 aliphatic heterocycles. The lowest BCUT2D eigenvalue weighted by Gasteiger charge is -2.27. The minimum atomic E-state index is -0.00197. The van der Waals surface area contributed by atoms with Gasteiger partial charge in [-0.2, -0.15) is 0 Å². The van der Waals surface area contributed by atoms with E-state index in [1.807, 2.05) is 37.3 Å². The van der Waals surface area contributed by atoms with Gasteiger partial charge in [0.1, 0.15) is 18.8 Å². The van der Waals surface area contributed by atoms with Crippen LogP contribution in [0.3, 0.4) is 0 Å². The van der Waals surface area contributed by atoms with Crippen LogP contribution in [0.4, 0.5) is 0 Å². The first kappa shape index (κ1) is 17.4. The van der Waals surface area contributed by atoms with Crippen LogP contribution in [0.2, 0.25) is 0 Å². The van der Waals surface area contributed by atoms with Crippen LogP contribution in [-0.4, -0.2) is 54.7 Å². The number of carbonyl (C=O) groups excluding carboxylic acids is 1. The van der Waals surface area contributed by atoms with Crippen molar-refractivity contribution >= 4 is 40.3 Å². The molecule has 0 atom stereocenters. The SMILES string of the molecule is CCOc1ccc(/C=C2\SC(=S)N(C[NH+]3CCOCC3)C2=O)cc1. The Morgan fingerprint density at radius 2 is 2.04 bits per heavy atom. The van der Waals surface area contributed by atoms with Gasteiger partial charge in [0.2, 0.25) is 0 Å². The maximum absolute atomic E-state index is 12.6. The molecule has 2 heterocycles. The molecule has 0 aliphatic carbocycles. The predicted molar refractivity (Wildman–Crippen MR) is 99.0 cm³/mol. The number of rotatable bonds is 5. The molecule has 0 radical (unpaired) electrons. The highest BCUT2D eigenvalue weighted by Crippen LogP contribution is 2.32. The zero-order chi connectivity index (χ0) is 16.9. The van der Waals surface area contributed by atoms with Gasteiger partial charge in [0.25, 0.3) is 5.91 Å². The van der Waals surface area contributed by atoms with Gasteiger partial charge in [0.05, 0.1) is 24.7 Å². The lowest BCUT2D eigenvalue weighted by atomic mass is 10.2. The van der Waals surface area contributed by atoms with E-state index in [-0.39, 0.29) is 5.91 Å². The molecule has 2 saturated heterocycles. The number of morpholine rings is 1. The second kappa shape index (κ2) is 8.11. The molecule has 3 rings (SSSR count). The van der Waals surface area contributed by atoms with Crippen molar-refractivity contribution in [1.29, 1.82) is 0 Å². The fourth-order valence-electron chi connectivity index (χ4n) is 2.66. The Balaban J connectivity index is 1.68. The summed E-state index contributed by atoms with van der Waals surface area (Å²) in [7, 11) is 0. The van der Waals surface area contributed by atoms with Crippen molar-refractivity contribution in [1.82, 2.24) is 4.90 Å². The van der Waals surface area contributed by atoms with E-state index >= 15 is 0 Å². The van der Waals surface area contributed by atoms with Crippen LogP contribution >= 0.6 is 24.0 Å². The van der Waals surface area contributed by atoms with Crippen molar-refractivity contribution in [2.75, 3.05) is 39.6 Å². The second-order valence-electron chi connectivity index (χ2n) is 5.63. The third-order valence-electron chi connectivity index (χ3n) is 3.94. The molecule has 2 fully saturated rings. The minimum absolute atomic E-state index is 0.00197. The molecule has 24 heavy (non-hydrogen) atoms. The highest BCUT2D eigenvalue weighted by molar-refractivity contribution is 8.26. The summed E-state index contributed by atoms with van der Waals surface area (Å²) < 4.78 is 11.4. The predicted octanol–water partition coefficient (Wildman–Crippen LogP) is 1.16. The zero-order valence-corrected chi connectivity index (χ0v) is 15.3. The van der Waals surface area contributed by atoms with E-state index in [2.05, 4.69) is 0 Å². The van der Waals surface area contributed by atoms with Crippen LogP contribution in [0.1, 0.15) is 12.5 Å². The monoisotopic (exact) mass is 365 g/mol. The molecule has 0 saturated carbocycles. The number of thiocarbonyl (C=S) groups is 1. The highest BCUT2D eigenvalue weighted by Gasteiger charge is 2.34. The van der Waals surface area contributed by atoms with Gasteiger partial charge in [-0.15, -0.1) is 0 Å². The van der Waals surface area contributed by atoms with Gasteiger partial charge < -0.3 is 14.4 Å². The molecule has 2 aliphatic rings. The Labute approximate surface area is 151 Å². The molecule has 1 amide bonds. The largest absolute Gasteiger partial charge is 0.494 e. The van der Waals surface area contributed by atoms with Crippen LogP contribution in [0, 0.1) is 0 Å². The number of nitrogens with one attached hydrogen (secondary N) is 1. The first-order valence-electron chi connectivity index (χ1n) is 8.07. The smallest absolute Gasteiger partial charge is 0.270 e. The molecule has 0 unspecified atom stereocenters. The summed E-state index contributed by atoms with van der Waals surface area (Å²) in [4.78, 5) is 16.4. The van der Waals surface area contributed by atoms with Crippen molar-refractivity contribution in [2.45, 2.75) is 6.92 Å². The Morgan fingerprint density at radius 1 is 1.33 bits per heavy atom. The van der Waals surface area contributed by atoms with Gasteiger partial charge >= 0.3 is 0 Å². The van der Waals surface area contributed by atoms with E-state index in [1.165, 1.54) is 16.7 Å². The van der Waals surface area contributed by atoms with Gasteiger partial charge in [-0.05, 0) is 30.7 Å². The number of ether oxygens (including phenoxy) is 2. The summed E-state index contributed by atoms with van der Waals surface area (Å²) in [6.45, 7) is 6.52.